The minimum absolute atomic E-state index is 0.0426. The number of benzene rings is 14. The largest absolute Gasteiger partial charge is 0.311 e. The van der Waals surface area contributed by atoms with E-state index >= 15 is 0 Å². The molecule has 0 spiro atoms. The third-order valence-corrected chi connectivity index (χ3v) is 25.3. The van der Waals surface area contributed by atoms with Crippen molar-refractivity contribution in [1.82, 2.24) is 9.13 Å². The van der Waals surface area contributed by atoms with Crippen LogP contribution in [0.1, 0.15) is 117 Å². The third kappa shape index (κ3) is 10.7. The highest BCUT2D eigenvalue weighted by atomic mass is 15.2. The van der Waals surface area contributed by atoms with Crippen molar-refractivity contribution in [2.75, 3.05) is 9.80 Å². The Kier molecular flexibility index (Phi) is 14.8. The van der Waals surface area contributed by atoms with Gasteiger partial charge < -0.3 is 18.9 Å². The number of aromatic nitrogens is 2. The van der Waals surface area contributed by atoms with Gasteiger partial charge in [0.25, 0.3) is 6.71 Å². The van der Waals surface area contributed by atoms with Crippen molar-refractivity contribution < 1.29 is 0 Å². The van der Waals surface area contributed by atoms with Gasteiger partial charge in [0.2, 0.25) is 0 Å². The first-order chi connectivity index (χ1) is 52.6. The predicted octanol–water partition coefficient (Wildman–Crippen LogP) is 26.1. The van der Waals surface area contributed by atoms with Crippen LogP contribution in [0.3, 0.4) is 0 Å². The van der Waals surface area contributed by atoms with Crippen LogP contribution in [0.4, 0.5) is 34.1 Å². The summed E-state index contributed by atoms with van der Waals surface area (Å²) < 4.78 is 5.07. The van der Waals surface area contributed by atoms with Gasteiger partial charge >= 0.3 is 0 Å². The molecular formula is C104H89BN4. The summed E-state index contributed by atoms with van der Waals surface area (Å²) in [4.78, 5) is 5.25. The van der Waals surface area contributed by atoms with Gasteiger partial charge in [-0.2, -0.15) is 0 Å². The molecular weight excluding hydrogens is 1320 g/mol. The average Bonchev–Trinajstić information content (AvgIpc) is 1.41. The topological polar surface area (TPSA) is 16.3 Å². The molecule has 2 aromatic heterocycles. The summed E-state index contributed by atoms with van der Waals surface area (Å²) in [7, 11) is 0. The molecule has 0 atom stereocenters. The molecule has 4 heterocycles. The summed E-state index contributed by atoms with van der Waals surface area (Å²) in [6.07, 6.45) is 7.14. The van der Waals surface area contributed by atoms with Gasteiger partial charge in [0, 0.05) is 72.2 Å². The molecule has 2 aliphatic carbocycles. The number of para-hydroxylation sites is 2. The molecule has 0 saturated heterocycles. The molecule has 20 rings (SSSR count). The molecule has 0 N–H and O–H groups in total. The van der Waals surface area contributed by atoms with Gasteiger partial charge in [-0.1, -0.05) is 295 Å². The summed E-state index contributed by atoms with van der Waals surface area (Å²) in [6.45, 7) is 25.9. The highest BCUT2D eigenvalue weighted by molar-refractivity contribution is 7.00. The van der Waals surface area contributed by atoms with E-state index in [0.29, 0.717) is 0 Å². The van der Waals surface area contributed by atoms with Crippen LogP contribution < -0.4 is 26.2 Å². The van der Waals surface area contributed by atoms with Gasteiger partial charge in [0.15, 0.2) is 0 Å². The zero-order chi connectivity index (χ0) is 74.2. The number of allylic oxidation sites excluding steroid dienone is 2. The van der Waals surface area contributed by atoms with E-state index < -0.39 is 0 Å². The normalized spacial score (nSPS) is 15.6. The van der Waals surface area contributed by atoms with Crippen LogP contribution in [0.2, 0.25) is 0 Å². The van der Waals surface area contributed by atoms with Crippen LogP contribution in [0.15, 0.2) is 315 Å². The van der Waals surface area contributed by atoms with Crippen LogP contribution in [-0.4, -0.2) is 15.8 Å². The molecule has 0 unspecified atom stereocenters. The molecule has 0 saturated carbocycles. The highest BCUT2D eigenvalue weighted by Crippen LogP contribution is 2.52. The van der Waals surface area contributed by atoms with Crippen molar-refractivity contribution in [2.24, 2.45) is 0 Å². The molecule has 0 bridgehead atoms. The Bertz CT molecular complexity index is 6300. The number of anilines is 6. The lowest BCUT2D eigenvalue weighted by molar-refractivity contribution is 0.332. The molecule has 0 radical (unpaired) electrons. The van der Waals surface area contributed by atoms with Gasteiger partial charge in [-0.25, -0.2) is 0 Å². The van der Waals surface area contributed by atoms with Gasteiger partial charge in [-0.3, -0.25) is 0 Å². The summed E-state index contributed by atoms with van der Waals surface area (Å²) in [6, 6.07) is 117. The van der Waals surface area contributed by atoms with Crippen LogP contribution >= 0.6 is 0 Å². The van der Waals surface area contributed by atoms with Crippen LogP contribution in [0, 0.1) is 0 Å². The van der Waals surface area contributed by atoms with Crippen molar-refractivity contribution >= 4 is 101 Å². The SMILES string of the molecule is CC(C)(C)c1cccc(-c2ccc3c(c2)B2c4ccc(-n5c6ccccc6c6ccccc65)cc4N(c4ccc(-c5ccc6c(c5)C(C)(C)CCC6(C)C)cc4)c4cc(-n5c6ccc(-c7ccccc7)cc6c6cc(-c7ccccc7)ccc65)cc(c42)N3c2ccc(-c3ccc4c(c3)C(C)(C)C=CC4(C)C)cc2)c1. The Morgan fingerprint density at radius 1 is 0.275 bits per heavy atom. The lowest BCUT2D eigenvalue weighted by Crippen LogP contribution is -2.61. The highest BCUT2D eigenvalue weighted by Gasteiger charge is 2.45. The second-order valence-corrected chi connectivity index (χ2v) is 34.9. The Morgan fingerprint density at radius 2 is 0.688 bits per heavy atom. The van der Waals surface area contributed by atoms with E-state index in [1.165, 1.54) is 139 Å². The van der Waals surface area contributed by atoms with Gasteiger partial charge in [-0.15, -0.1) is 0 Å². The van der Waals surface area contributed by atoms with Crippen LogP contribution in [0.25, 0.3) is 111 Å². The summed E-state index contributed by atoms with van der Waals surface area (Å²) in [5.41, 5.74) is 36.4. The number of rotatable bonds is 9. The molecule has 16 aromatic rings. The van der Waals surface area contributed by atoms with E-state index in [4.69, 9.17) is 0 Å². The van der Waals surface area contributed by atoms with E-state index in [2.05, 4.69) is 411 Å². The number of hydrogen-bond donors (Lipinski definition) is 0. The Morgan fingerprint density at radius 3 is 1.27 bits per heavy atom. The predicted molar refractivity (Wildman–Crippen MR) is 466 cm³/mol. The molecule has 14 aromatic carbocycles. The van der Waals surface area contributed by atoms with Crippen molar-refractivity contribution in [1.29, 1.82) is 0 Å². The number of fused-ring (bicyclic) bond motifs is 12. The third-order valence-electron chi connectivity index (χ3n) is 25.3. The van der Waals surface area contributed by atoms with Crippen molar-refractivity contribution in [3.63, 3.8) is 0 Å². The lowest BCUT2D eigenvalue weighted by atomic mass is 9.33. The molecule has 0 amide bonds. The maximum atomic E-state index is 2.64. The molecule has 109 heavy (non-hydrogen) atoms. The lowest BCUT2D eigenvalue weighted by Gasteiger charge is -2.44. The first-order valence-corrected chi connectivity index (χ1v) is 39.2. The van der Waals surface area contributed by atoms with E-state index in [-0.39, 0.29) is 33.8 Å². The average molecular weight is 1410 g/mol. The minimum Gasteiger partial charge on any atom is -0.311 e. The summed E-state index contributed by atoms with van der Waals surface area (Å²) >= 11 is 0. The van der Waals surface area contributed by atoms with Gasteiger partial charge in [-0.05, 0) is 226 Å². The maximum Gasteiger partial charge on any atom is 0.252 e. The Hall–Kier alpha value is -11.9. The van der Waals surface area contributed by atoms with Crippen LogP contribution in [-0.2, 0) is 27.1 Å². The first kappa shape index (κ1) is 66.5. The maximum absolute atomic E-state index is 2.64. The summed E-state index contributed by atoms with van der Waals surface area (Å²) in [5, 5.41) is 4.88. The molecule has 5 heteroatoms. The van der Waals surface area contributed by atoms with Crippen molar-refractivity contribution in [3.8, 4) is 67.0 Å². The van der Waals surface area contributed by atoms with Crippen molar-refractivity contribution in [3.05, 3.63) is 343 Å². The molecule has 0 fully saturated rings. The fourth-order valence-corrected chi connectivity index (χ4v) is 19.1. The quantitative estimate of drug-likeness (QED) is 0.106. The van der Waals surface area contributed by atoms with Crippen molar-refractivity contribution in [2.45, 2.75) is 116 Å². The zero-order valence-electron chi connectivity index (χ0n) is 64.3. The minimum atomic E-state index is -0.201. The van der Waals surface area contributed by atoms with Gasteiger partial charge in [0.1, 0.15) is 0 Å². The monoisotopic (exact) mass is 1400 g/mol. The van der Waals surface area contributed by atoms with Gasteiger partial charge in [0.05, 0.1) is 27.8 Å². The first-order valence-electron chi connectivity index (χ1n) is 39.2. The molecule has 528 valence electrons. The standard InChI is InChI=1S/C104H89BN4/c1-100(2,3)76-28-22-27-70(57-76)75-41-52-95-90(62-75)105-89-49-46-79(108-91-31-20-18-29-81(91)82-30-19-21-32-92(82)108)63-96(89)107(78-44-35-69(36-45-78)74-38-48-86-88(61-74)104(10,11)56-54-102(86,6)7)98-65-80(64-97(99(98)105)106(95)77-42-33-68(34-43-77)73-37-47-85-87(60-73)103(8,9)55-53-101(85,4)5)109-93-50-39-71(66-23-14-12-15-24-66)58-83(93)84-59-72(40-51-94(84)109)67-25-16-13-17-26-67/h12-53,55,57-65H,54,56H2,1-11H3. The molecule has 2 aliphatic heterocycles. The second kappa shape index (κ2) is 24.3. The second-order valence-electron chi connectivity index (χ2n) is 34.9. The fourth-order valence-electron chi connectivity index (χ4n) is 19.1. The van der Waals surface area contributed by atoms with E-state index in [1.807, 2.05) is 0 Å². The van der Waals surface area contributed by atoms with E-state index in [9.17, 15) is 0 Å². The zero-order valence-corrected chi connectivity index (χ0v) is 64.3. The number of hydrogen-bond acceptors (Lipinski definition) is 2. The van der Waals surface area contributed by atoms with E-state index in [1.54, 1.807) is 0 Å². The number of nitrogens with zero attached hydrogens (tertiary/aromatic N) is 4. The molecule has 4 aliphatic rings. The smallest absolute Gasteiger partial charge is 0.252 e. The Labute approximate surface area is 642 Å². The van der Waals surface area contributed by atoms with E-state index in [0.717, 1.165) is 63.0 Å². The Balaban J connectivity index is 0.878. The fraction of sp³-hybridized carbons (Fsp3) is 0.173. The summed E-state index contributed by atoms with van der Waals surface area (Å²) in [5.74, 6) is 0. The van der Waals surface area contributed by atoms with Crippen LogP contribution in [0.5, 0.6) is 0 Å². The molecule has 4 nitrogen and oxygen atoms in total.